The molecule has 0 unspecified atom stereocenters. The van der Waals surface area contributed by atoms with Crippen molar-refractivity contribution < 1.29 is 9.84 Å². The first kappa shape index (κ1) is 29.1. The van der Waals surface area contributed by atoms with Gasteiger partial charge in [0.2, 0.25) is 0 Å². The Morgan fingerprint density at radius 1 is 1.09 bits per heavy atom. The van der Waals surface area contributed by atoms with Crippen LogP contribution in [0.4, 0.5) is 5.69 Å². The first-order valence-electron chi connectivity index (χ1n) is 11.3. The molecule has 3 rings (SSSR count). The smallest absolute Gasteiger partial charge is 0.119 e. The number of aliphatic hydroxyl groups is 1. The van der Waals surface area contributed by atoms with Crippen LogP contribution in [-0.4, -0.2) is 54.9 Å². The summed E-state index contributed by atoms with van der Waals surface area (Å²) in [5, 5.41) is 20.3. The molecule has 1 aliphatic rings. The summed E-state index contributed by atoms with van der Waals surface area (Å²) in [4.78, 5) is 4.60. The Balaban J connectivity index is 0.00000272. The van der Waals surface area contributed by atoms with Crippen LogP contribution in [0.2, 0.25) is 0 Å². The molecular formula is C26H37Cl2N3O2. The molecule has 0 atom stereocenters. The molecule has 1 fully saturated rings. The fourth-order valence-electron chi connectivity index (χ4n) is 4.13. The lowest BCUT2D eigenvalue weighted by Gasteiger charge is -2.39. The van der Waals surface area contributed by atoms with Crippen molar-refractivity contribution in [3.63, 3.8) is 0 Å². The molecule has 7 heteroatoms. The molecule has 182 valence electrons. The minimum Gasteiger partial charge on any atom is -0.491 e. The van der Waals surface area contributed by atoms with Gasteiger partial charge < -0.3 is 19.6 Å². The zero-order valence-corrected chi connectivity index (χ0v) is 21.5. The number of nitriles is 1. The van der Waals surface area contributed by atoms with Gasteiger partial charge >= 0.3 is 0 Å². The Morgan fingerprint density at radius 2 is 1.73 bits per heavy atom. The number of hydrogen-bond acceptors (Lipinski definition) is 5. The third-order valence-corrected chi connectivity index (χ3v) is 6.18. The minimum atomic E-state index is -0.601. The quantitative estimate of drug-likeness (QED) is 0.527. The van der Waals surface area contributed by atoms with Crippen LogP contribution in [0, 0.1) is 11.3 Å². The first-order chi connectivity index (χ1) is 14.9. The monoisotopic (exact) mass is 493 g/mol. The van der Waals surface area contributed by atoms with Crippen molar-refractivity contribution in [1.29, 1.82) is 5.26 Å². The average Bonchev–Trinajstić information content (AvgIpc) is 2.77. The summed E-state index contributed by atoms with van der Waals surface area (Å²) in [6.45, 7) is 7.59. The van der Waals surface area contributed by atoms with Crippen LogP contribution in [0.5, 0.6) is 5.75 Å². The van der Waals surface area contributed by atoms with E-state index in [0.29, 0.717) is 0 Å². The van der Waals surface area contributed by atoms with Gasteiger partial charge in [0.25, 0.3) is 0 Å². The summed E-state index contributed by atoms with van der Waals surface area (Å²) < 4.78 is 5.71. The SMILES string of the molecule is CC(C)Oc1ccc(N(C)CCC2(O)CCN(CCc3ccccc3C#N)CC2)cc1.Cl.Cl. The highest BCUT2D eigenvalue weighted by atomic mass is 35.5. The minimum absolute atomic E-state index is 0. The van der Waals surface area contributed by atoms with Crippen LogP contribution < -0.4 is 9.64 Å². The van der Waals surface area contributed by atoms with Crippen molar-refractivity contribution in [3.8, 4) is 11.8 Å². The topological polar surface area (TPSA) is 59.7 Å². The second kappa shape index (κ2) is 13.7. The van der Waals surface area contributed by atoms with Gasteiger partial charge in [-0.05, 0) is 75.4 Å². The van der Waals surface area contributed by atoms with E-state index < -0.39 is 5.60 Å². The molecule has 0 radical (unpaired) electrons. The van der Waals surface area contributed by atoms with Gasteiger partial charge in [-0.25, -0.2) is 0 Å². The van der Waals surface area contributed by atoms with Gasteiger partial charge in [0.05, 0.1) is 23.3 Å². The number of likely N-dealkylation sites (tertiary alicyclic amines) is 1. The molecule has 2 aromatic rings. The molecule has 1 heterocycles. The predicted octanol–water partition coefficient (Wildman–Crippen LogP) is 5.08. The van der Waals surface area contributed by atoms with Crippen LogP contribution >= 0.6 is 24.8 Å². The van der Waals surface area contributed by atoms with E-state index in [1.54, 1.807) is 0 Å². The van der Waals surface area contributed by atoms with E-state index in [1.807, 2.05) is 50.2 Å². The summed E-state index contributed by atoms with van der Waals surface area (Å²) in [5.41, 5.74) is 2.41. The Hall–Kier alpha value is -1.97. The second-order valence-corrected chi connectivity index (χ2v) is 8.92. The van der Waals surface area contributed by atoms with Gasteiger partial charge in [-0.1, -0.05) is 18.2 Å². The summed E-state index contributed by atoms with van der Waals surface area (Å²) in [6, 6.07) is 18.3. The van der Waals surface area contributed by atoms with Gasteiger partial charge in [0.15, 0.2) is 0 Å². The van der Waals surface area contributed by atoms with Crippen molar-refractivity contribution in [3.05, 3.63) is 59.7 Å². The number of halogens is 2. The van der Waals surface area contributed by atoms with E-state index in [2.05, 4.69) is 35.0 Å². The van der Waals surface area contributed by atoms with Crippen LogP contribution in [0.15, 0.2) is 48.5 Å². The second-order valence-electron chi connectivity index (χ2n) is 8.92. The molecule has 33 heavy (non-hydrogen) atoms. The van der Waals surface area contributed by atoms with Crippen molar-refractivity contribution in [2.75, 3.05) is 38.1 Å². The molecule has 0 amide bonds. The molecule has 5 nitrogen and oxygen atoms in total. The largest absolute Gasteiger partial charge is 0.491 e. The van der Waals surface area contributed by atoms with Crippen LogP contribution in [0.25, 0.3) is 0 Å². The van der Waals surface area contributed by atoms with E-state index in [-0.39, 0.29) is 30.9 Å². The van der Waals surface area contributed by atoms with E-state index in [1.165, 1.54) is 0 Å². The average molecular weight is 495 g/mol. The summed E-state index contributed by atoms with van der Waals surface area (Å²) in [5.74, 6) is 0.885. The van der Waals surface area contributed by atoms with Crippen LogP contribution in [0.1, 0.15) is 44.2 Å². The van der Waals surface area contributed by atoms with E-state index >= 15 is 0 Å². The number of anilines is 1. The van der Waals surface area contributed by atoms with Gasteiger partial charge in [0, 0.05) is 38.9 Å². The molecule has 1 N–H and O–H groups in total. The summed E-state index contributed by atoms with van der Waals surface area (Å²) in [7, 11) is 2.07. The Morgan fingerprint density at radius 3 is 2.33 bits per heavy atom. The summed E-state index contributed by atoms with van der Waals surface area (Å²) >= 11 is 0. The molecule has 0 aliphatic carbocycles. The van der Waals surface area contributed by atoms with Gasteiger partial charge in [-0.15, -0.1) is 24.8 Å². The van der Waals surface area contributed by atoms with Gasteiger partial charge in [-0.2, -0.15) is 5.26 Å². The number of hydrogen-bond donors (Lipinski definition) is 1. The maximum absolute atomic E-state index is 11.1. The standard InChI is InChI=1S/C26H35N3O2.2ClH/c1-21(2)31-25-10-8-24(9-11-25)28(3)17-13-26(30)14-18-29(19-15-26)16-12-22-6-4-5-7-23(22)20-27;;/h4-11,21,30H,12-19H2,1-3H3;2*1H. The normalized spacial score (nSPS) is 15.2. The third-order valence-electron chi connectivity index (χ3n) is 6.18. The molecule has 0 spiro atoms. The lowest BCUT2D eigenvalue weighted by molar-refractivity contribution is -0.0254. The maximum atomic E-state index is 11.1. The molecule has 0 bridgehead atoms. The van der Waals surface area contributed by atoms with E-state index in [9.17, 15) is 10.4 Å². The third kappa shape index (κ3) is 8.72. The van der Waals surface area contributed by atoms with Crippen molar-refractivity contribution >= 4 is 30.5 Å². The molecule has 1 saturated heterocycles. The lowest BCUT2D eigenvalue weighted by Crippen LogP contribution is -2.46. The Kier molecular flexibility index (Phi) is 12.0. The van der Waals surface area contributed by atoms with E-state index in [4.69, 9.17) is 4.74 Å². The van der Waals surface area contributed by atoms with Crippen molar-refractivity contribution in [1.82, 2.24) is 4.90 Å². The summed E-state index contributed by atoms with van der Waals surface area (Å²) in [6.07, 6.45) is 3.40. The molecule has 0 saturated carbocycles. The number of piperidine rings is 1. The zero-order chi connectivity index (χ0) is 22.3. The molecule has 0 aromatic heterocycles. The van der Waals surface area contributed by atoms with Gasteiger partial charge in [0.1, 0.15) is 5.75 Å². The Bertz CT molecular complexity index is 876. The number of nitrogens with zero attached hydrogens (tertiary/aromatic N) is 3. The maximum Gasteiger partial charge on any atom is 0.119 e. The highest BCUT2D eigenvalue weighted by Gasteiger charge is 2.32. The fraction of sp³-hybridized carbons (Fsp3) is 0.500. The van der Waals surface area contributed by atoms with Crippen LogP contribution in [0.3, 0.4) is 0 Å². The highest BCUT2D eigenvalue weighted by molar-refractivity contribution is 5.85. The Labute approximate surface area is 211 Å². The fourth-order valence-corrected chi connectivity index (χ4v) is 4.13. The highest BCUT2D eigenvalue weighted by Crippen LogP contribution is 2.27. The predicted molar refractivity (Wildman–Crippen MR) is 140 cm³/mol. The van der Waals surface area contributed by atoms with Gasteiger partial charge in [-0.3, -0.25) is 0 Å². The van der Waals surface area contributed by atoms with Crippen LogP contribution in [-0.2, 0) is 6.42 Å². The number of rotatable bonds is 9. The van der Waals surface area contributed by atoms with Crippen molar-refractivity contribution in [2.45, 2.75) is 51.2 Å². The molecule has 2 aromatic carbocycles. The first-order valence-corrected chi connectivity index (χ1v) is 11.3. The number of ether oxygens (including phenoxy) is 1. The lowest BCUT2D eigenvalue weighted by atomic mass is 9.88. The molecular weight excluding hydrogens is 457 g/mol. The van der Waals surface area contributed by atoms with E-state index in [0.717, 1.165) is 74.4 Å². The number of benzene rings is 2. The van der Waals surface area contributed by atoms with Crippen molar-refractivity contribution in [2.24, 2.45) is 0 Å². The molecule has 1 aliphatic heterocycles. The zero-order valence-electron chi connectivity index (χ0n) is 19.9.